The van der Waals surface area contributed by atoms with E-state index in [2.05, 4.69) is 57.9 Å². The fourth-order valence-electron chi connectivity index (χ4n) is 2.98. The van der Waals surface area contributed by atoms with Crippen molar-refractivity contribution in [2.75, 3.05) is 17.2 Å². The largest absolute Gasteiger partial charge is 0.368 e. The summed E-state index contributed by atoms with van der Waals surface area (Å²) in [6.45, 7) is 4.81. The zero-order valence-electron chi connectivity index (χ0n) is 15.7. The van der Waals surface area contributed by atoms with E-state index in [9.17, 15) is 4.39 Å². The van der Waals surface area contributed by atoms with E-state index in [1.807, 2.05) is 6.07 Å². The van der Waals surface area contributed by atoms with Crippen molar-refractivity contribution in [1.29, 1.82) is 0 Å². The molecule has 0 aliphatic heterocycles. The van der Waals surface area contributed by atoms with Crippen molar-refractivity contribution >= 4 is 17.5 Å². The Bertz CT molecular complexity index is 875. The van der Waals surface area contributed by atoms with Gasteiger partial charge < -0.3 is 10.6 Å². The van der Waals surface area contributed by atoms with Gasteiger partial charge >= 0.3 is 0 Å². The van der Waals surface area contributed by atoms with E-state index < -0.39 is 0 Å². The number of rotatable bonds is 8. The van der Waals surface area contributed by atoms with Gasteiger partial charge in [0.05, 0.1) is 6.20 Å². The summed E-state index contributed by atoms with van der Waals surface area (Å²) in [5.41, 5.74) is 4.16. The SMILES string of the molecule is CCc1cccc(CC)c1Nc1nncc(NCCc2ccccc2F)n1. The molecule has 3 aromatic rings. The van der Waals surface area contributed by atoms with Crippen molar-refractivity contribution < 1.29 is 4.39 Å². The summed E-state index contributed by atoms with van der Waals surface area (Å²) < 4.78 is 13.7. The summed E-state index contributed by atoms with van der Waals surface area (Å²) in [4.78, 5) is 4.48. The van der Waals surface area contributed by atoms with Crippen LogP contribution in [0.15, 0.2) is 48.7 Å². The van der Waals surface area contributed by atoms with Crippen molar-refractivity contribution in [3.63, 3.8) is 0 Å². The number of benzene rings is 2. The summed E-state index contributed by atoms with van der Waals surface area (Å²) in [5.74, 6) is 0.864. The van der Waals surface area contributed by atoms with Gasteiger partial charge in [0.2, 0.25) is 5.95 Å². The number of nitrogens with zero attached hydrogens (tertiary/aromatic N) is 3. The average molecular weight is 365 g/mol. The van der Waals surface area contributed by atoms with Crippen LogP contribution in [0.5, 0.6) is 0 Å². The van der Waals surface area contributed by atoms with Crippen LogP contribution in [0.2, 0.25) is 0 Å². The maximum atomic E-state index is 13.7. The highest BCUT2D eigenvalue weighted by atomic mass is 19.1. The van der Waals surface area contributed by atoms with Gasteiger partial charge in [-0.3, -0.25) is 0 Å². The summed E-state index contributed by atoms with van der Waals surface area (Å²) >= 11 is 0. The fourth-order valence-corrected chi connectivity index (χ4v) is 2.98. The third-order valence-electron chi connectivity index (χ3n) is 4.45. The van der Waals surface area contributed by atoms with Crippen molar-refractivity contribution in [2.45, 2.75) is 33.1 Å². The molecule has 3 rings (SSSR count). The molecule has 1 aromatic heterocycles. The molecule has 0 radical (unpaired) electrons. The maximum Gasteiger partial charge on any atom is 0.249 e. The first-order valence-corrected chi connectivity index (χ1v) is 9.26. The Labute approximate surface area is 159 Å². The Balaban J connectivity index is 1.68. The monoisotopic (exact) mass is 365 g/mol. The molecule has 2 N–H and O–H groups in total. The smallest absolute Gasteiger partial charge is 0.249 e. The molecule has 0 unspecified atom stereocenters. The first-order chi connectivity index (χ1) is 13.2. The van der Waals surface area contributed by atoms with Crippen LogP contribution in [0.1, 0.15) is 30.5 Å². The van der Waals surface area contributed by atoms with Crippen molar-refractivity contribution in [3.8, 4) is 0 Å². The molecule has 0 saturated carbocycles. The summed E-state index contributed by atoms with van der Waals surface area (Å²) in [7, 11) is 0. The lowest BCUT2D eigenvalue weighted by molar-refractivity contribution is 0.610. The molecule has 0 amide bonds. The van der Waals surface area contributed by atoms with Crippen LogP contribution in [0, 0.1) is 5.82 Å². The van der Waals surface area contributed by atoms with Gasteiger partial charge in [0.1, 0.15) is 5.82 Å². The van der Waals surface area contributed by atoms with Gasteiger partial charge in [-0.15, -0.1) is 5.10 Å². The molecule has 0 saturated heterocycles. The Morgan fingerprint density at radius 1 is 0.926 bits per heavy atom. The molecule has 140 valence electrons. The van der Waals surface area contributed by atoms with E-state index >= 15 is 0 Å². The maximum absolute atomic E-state index is 13.7. The molecule has 0 spiro atoms. The number of aromatic nitrogens is 3. The molecule has 1 heterocycles. The highest BCUT2D eigenvalue weighted by molar-refractivity contribution is 5.64. The average Bonchev–Trinajstić information content (AvgIpc) is 2.70. The van der Waals surface area contributed by atoms with Gasteiger partial charge in [0, 0.05) is 12.2 Å². The number of aryl methyl sites for hydroxylation is 2. The van der Waals surface area contributed by atoms with E-state index in [0.717, 1.165) is 18.5 Å². The minimum absolute atomic E-state index is 0.189. The van der Waals surface area contributed by atoms with Crippen LogP contribution in [-0.4, -0.2) is 21.7 Å². The molecule has 6 heteroatoms. The van der Waals surface area contributed by atoms with Crippen molar-refractivity contribution in [3.05, 3.63) is 71.2 Å². The first kappa shape index (κ1) is 18.8. The second-order valence-electron chi connectivity index (χ2n) is 6.22. The summed E-state index contributed by atoms with van der Waals surface area (Å²) in [6, 6.07) is 13.1. The predicted octanol–water partition coefficient (Wildman–Crippen LogP) is 4.53. The molecule has 0 aliphatic rings. The Kier molecular flexibility index (Phi) is 6.30. The normalized spacial score (nSPS) is 10.6. The second kappa shape index (κ2) is 9.07. The molecule has 0 fully saturated rings. The molecule has 0 atom stereocenters. The van der Waals surface area contributed by atoms with Crippen LogP contribution in [0.25, 0.3) is 0 Å². The third-order valence-corrected chi connectivity index (χ3v) is 4.45. The second-order valence-corrected chi connectivity index (χ2v) is 6.22. The minimum atomic E-state index is -0.189. The number of halogens is 1. The van der Waals surface area contributed by atoms with Gasteiger partial charge in [0.25, 0.3) is 0 Å². The Morgan fingerprint density at radius 3 is 2.33 bits per heavy atom. The van der Waals surface area contributed by atoms with E-state index in [-0.39, 0.29) is 5.82 Å². The first-order valence-electron chi connectivity index (χ1n) is 9.26. The standard InChI is InChI=1S/C21H24FN5/c1-3-15-9-7-10-16(4-2)20(15)26-21-25-19(14-24-27-21)23-13-12-17-8-5-6-11-18(17)22/h5-11,14H,3-4,12-13H2,1-2H3,(H2,23,25,26,27). The Morgan fingerprint density at radius 2 is 1.63 bits per heavy atom. The van der Waals surface area contributed by atoms with Gasteiger partial charge in [-0.2, -0.15) is 10.1 Å². The van der Waals surface area contributed by atoms with Crippen LogP contribution in [0.3, 0.4) is 0 Å². The lowest BCUT2D eigenvalue weighted by Gasteiger charge is -2.14. The molecule has 27 heavy (non-hydrogen) atoms. The van der Waals surface area contributed by atoms with Crippen LogP contribution < -0.4 is 10.6 Å². The zero-order chi connectivity index (χ0) is 19.1. The topological polar surface area (TPSA) is 62.7 Å². The van der Waals surface area contributed by atoms with E-state index in [4.69, 9.17) is 0 Å². The van der Waals surface area contributed by atoms with Gasteiger partial charge in [0.15, 0.2) is 5.82 Å². The van der Waals surface area contributed by atoms with Crippen LogP contribution >= 0.6 is 0 Å². The van der Waals surface area contributed by atoms with Gasteiger partial charge in [-0.05, 0) is 42.0 Å². The Hall–Kier alpha value is -3.02. The number of nitrogens with one attached hydrogen (secondary N) is 2. The zero-order valence-corrected chi connectivity index (χ0v) is 15.7. The molecule has 0 bridgehead atoms. The predicted molar refractivity (Wildman–Crippen MR) is 107 cm³/mol. The highest BCUT2D eigenvalue weighted by Gasteiger charge is 2.09. The van der Waals surface area contributed by atoms with E-state index in [1.165, 1.54) is 17.2 Å². The van der Waals surface area contributed by atoms with Crippen LogP contribution in [0.4, 0.5) is 21.8 Å². The lowest BCUT2D eigenvalue weighted by atomic mass is 10.0. The van der Waals surface area contributed by atoms with Crippen molar-refractivity contribution in [1.82, 2.24) is 15.2 Å². The molecule has 2 aromatic carbocycles. The van der Waals surface area contributed by atoms with Crippen molar-refractivity contribution in [2.24, 2.45) is 0 Å². The van der Waals surface area contributed by atoms with Crippen LogP contribution in [-0.2, 0) is 19.3 Å². The minimum Gasteiger partial charge on any atom is -0.368 e. The summed E-state index contributed by atoms with van der Waals surface area (Å²) in [6.07, 6.45) is 3.98. The van der Waals surface area contributed by atoms with E-state index in [0.29, 0.717) is 30.3 Å². The fraction of sp³-hybridized carbons (Fsp3) is 0.286. The number of para-hydroxylation sites is 1. The molecular weight excluding hydrogens is 341 g/mol. The highest BCUT2D eigenvalue weighted by Crippen LogP contribution is 2.25. The summed E-state index contributed by atoms with van der Waals surface area (Å²) in [5, 5.41) is 14.6. The van der Waals surface area contributed by atoms with E-state index in [1.54, 1.807) is 18.3 Å². The number of anilines is 3. The number of hydrogen-bond acceptors (Lipinski definition) is 5. The lowest BCUT2D eigenvalue weighted by Crippen LogP contribution is -2.10. The third kappa shape index (κ3) is 4.78. The number of hydrogen-bond donors (Lipinski definition) is 2. The van der Waals surface area contributed by atoms with Gasteiger partial charge in [-0.1, -0.05) is 50.2 Å². The van der Waals surface area contributed by atoms with Gasteiger partial charge in [-0.25, -0.2) is 4.39 Å². The molecular formula is C21H24FN5. The molecule has 5 nitrogen and oxygen atoms in total. The molecule has 0 aliphatic carbocycles. The quantitative estimate of drug-likeness (QED) is 0.614.